The number of ether oxygens (including phenoxy) is 1. The molecule has 1 aromatic rings. The summed E-state index contributed by atoms with van der Waals surface area (Å²) in [4.78, 5) is 97.6. The Morgan fingerprint density at radius 3 is 2.31 bits per heavy atom. The number of amides is 6. The van der Waals surface area contributed by atoms with Crippen LogP contribution in [0.2, 0.25) is 0 Å². The zero-order valence-electron chi connectivity index (χ0n) is 35.7. The zero-order chi connectivity index (χ0) is 42.9. The number of rotatable bonds is 16. The number of alkyl carbamates (subject to hydrolysis) is 1. The fourth-order valence-electron chi connectivity index (χ4n) is 8.17. The molecule has 4 rings (SSSR count). The summed E-state index contributed by atoms with van der Waals surface area (Å²) in [6.07, 6.45) is 6.88. The molecule has 4 N–H and O–H groups in total. The Hall–Kier alpha value is -4.97. The molecule has 2 aliphatic carbocycles. The monoisotopic (exact) mass is 804 g/mol. The minimum Gasteiger partial charge on any atom is -0.406 e. The van der Waals surface area contributed by atoms with Gasteiger partial charge in [-0.15, -0.1) is 0 Å². The van der Waals surface area contributed by atoms with E-state index in [1.165, 1.54) is 9.80 Å². The summed E-state index contributed by atoms with van der Waals surface area (Å²) in [6.45, 7) is 13.3. The lowest BCUT2D eigenvalue weighted by Crippen LogP contribution is -2.60. The minimum absolute atomic E-state index is 0.0154. The van der Waals surface area contributed by atoms with Crippen LogP contribution in [0.3, 0.4) is 0 Å². The Kier molecular flexibility index (Phi) is 15.5. The van der Waals surface area contributed by atoms with E-state index in [1.54, 1.807) is 44.4 Å². The van der Waals surface area contributed by atoms with Crippen LogP contribution in [-0.4, -0.2) is 96.5 Å². The average molecular weight is 805 g/mol. The summed E-state index contributed by atoms with van der Waals surface area (Å²) in [5.74, 6) is -3.47. The topological polar surface area (TPSA) is 183 Å². The Morgan fingerprint density at radius 2 is 1.69 bits per heavy atom. The predicted octanol–water partition coefficient (Wildman–Crippen LogP) is 4.56. The Bertz CT molecular complexity index is 1760. The van der Waals surface area contributed by atoms with E-state index in [0.29, 0.717) is 36.5 Å². The van der Waals surface area contributed by atoms with E-state index in [1.807, 2.05) is 47.6 Å². The first kappa shape index (κ1) is 45.7. The number of benzene rings is 1. The molecule has 3 aliphatic rings. The molecule has 58 heavy (non-hydrogen) atoms. The van der Waals surface area contributed by atoms with Gasteiger partial charge in [0, 0.05) is 27.1 Å². The van der Waals surface area contributed by atoms with Gasteiger partial charge < -0.3 is 35.8 Å². The number of fused-ring (bicyclic) bond motifs is 1. The second kappa shape index (κ2) is 19.7. The molecule has 14 heteroatoms. The largest absolute Gasteiger partial charge is 0.413 e. The third kappa shape index (κ3) is 11.4. The molecule has 318 valence electrons. The van der Waals surface area contributed by atoms with Gasteiger partial charge in [0.15, 0.2) is 5.76 Å². The maximum absolute atomic E-state index is 14.5. The van der Waals surface area contributed by atoms with Crippen LogP contribution in [0.25, 0.3) is 0 Å². The SMILES string of the molecule is CCCCC(NC(=O)[C@@H]1[C@H]2[C@@H](CN1C(=O)[C@@H](NC(=O)OC1=C=CCCCC(CC)C1)C(C)(C)C)C2(C)C)C(=O)C(=O)NCC(=O)N[C@H](C(=O)N(C)C)c1ccccc1. The normalized spacial score (nSPS) is 22.4. The minimum atomic E-state index is -1.22. The van der Waals surface area contributed by atoms with E-state index in [9.17, 15) is 33.6 Å². The van der Waals surface area contributed by atoms with Crippen LogP contribution in [0.1, 0.15) is 111 Å². The van der Waals surface area contributed by atoms with Crippen molar-refractivity contribution < 1.29 is 38.3 Å². The van der Waals surface area contributed by atoms with E-state index in [4.69, 9.17) is 4.74 Å². The van der Waals surface area contributed by atoms with E-state index in [-0.39, 0.29) is 36.1 Å². The molecule has 1 saturated heterocycles. The number of unbranched alkanes of at least 4 members (excludes halogenated alkanes) is 1. The first-order chi connectivity index (χ1) is 27.3. The van der Waals surface area contributed by atoms with Gasteiger partial charge in [0.2, 0.25) is 29.4 Å². The number of nitrogens with zero attached hydrogens (tertiary/aromatic N) is 2. The van der Waals surface area contributed by atoms with Gasteiger partial charge in [-0.1, -0.05) is 104 Å². The molecule has 0 aromatic heterocycles. The van der Waals surface area contributed by atoms with E-state index < -0.39 is 71.6 Å². The zero-order valence-corrected chi connectivity index (χ0v) is 35.7. The highest BCUT2D eigenvalue weighted by Crippen LogP contribution is 2.65. The van der Waals surface area contributed by atoms with Crippen molar-refractivity contribution in [3.05, 3.63) is 53.5 Å². The van der Waals surface area contributed by atoms with Gasteiger partial charge in [0.05, 0.1) is 12.6 Å². The summed E-state index contributed by atoms with van der Waals surface area (Å²) in [5, 5.41) is 10.6. The van der Waals surface area contributed by atoms with Gasteiger partial charge in [-0.3, -0.25) is 28.8 Å². The Balaban J connectivity index is 1.46. The summed E-state index contributed by atoms with van der Waals surface area (Å²) in [7, 11) is 3.13. The number of allylic oxidation sites excluding steroid dienone is 1. The van der Waals surface area contributed by atoms with Crippen molar-refractivity contribution in [2.75, 3.05) is 27.2 Å². The van der Waals surface area contributed by atoms with Gasteiger partial charge in [0.25, 0.3) is 5.91 Å². The average Bonchev–Trinajstić information content (AvgIpc) is 3.46. The predicted molar refractivity (Wildman–Crippen MR) is 218 cm³/mol. The first-order valence-corrected chi connectivity index (χ1v) is 20.7. The summed E-state index contributed by atoms with van der Waals surface area (Å²) >= 11 is 0. The molecule has 14 nitrogen and oxygen atoms in total. The van der Waals surface area contributed by atoms with Crippen molar-refractivity contribution in [2.24, 2.45) is 28.6 Å². The van der Waals surface area contributed by atoms with Crippen molar-refractivity contribution in [1.82, 2.24) is 31.1 Å². The first-order valence-electron chi connectivity index (χ1n) is 20.7. The lowest BCUT2D eigenvalue weighted by molar-refractivity contribution is -0.145. The highest BCUT2D eigenvalue weighted by Gasteiger charge is 2.70. The van der Waals surface area contributed by atoms with E-state index in [2.05, 4.69) is 33.9 Å². The molecular weight excluding hydrogens is 741 g/mol. The van der Waals surface area contributed by atoms with Crippen molar-refractivity contribution in [3.8, 4) is 0 Å². The molecule has 1 heterocycles. The molecule has 2 fully saturated rings. The van der Waals surface area contributed by atoms with Gasteiger partial charge >= 0.3 is 6.09 Å². The Labute approximate surface area is 343 Å². The summed E-state index contributed by atoms with van der Waals surface area (Å²) in [5.41, 5.74) is 2.64. The van der Waals surface area contributed by atoms with Gasteiger partial charge in [-0.05, 0) is 65.9 Å². The standard InChI is InChI=1S/C44H64N6O8/c1-10-12-23-31(36(52)39(54)45-25-32(51)47-34(40(55)49(8)9)28-20-16-14-17-21-28)46-38(53)35-33-30(44(33,6)7)26-50(35)41(56)37(43(3,4)5)48-42(57)58-29-22-18-13-15-19-27(11-2)24-29/h14,16-18,20-21,27,30-31,33-35,37H,10-13,15,19,23-26H2,1-9H3,(H,45,54)(H,46,53)(H,47,51)(H,48,57)/t22?,27?,30-,31?,33-,34+,35+,37-/m1/s1. The van der Waals surface area contributed by atoms with Gasteiger partial charge in [-0.25, -0.2) is 4.79 Å². The number of likely N-dealkylation sites (N-methyl/N-ethyl adjacent to an activating group) is 1. The molecule has 1 aliphatic heterocycles. The van der Waals surface area contributed by atoms with Crippen LogP contribution in [0.15, 0.2) is 47.9 Å². The Morgan fingerprint density at radius 1 is 1.00 bits per heavy atom. The number of piperidine rings is 1. The van der Waals surface area contributed by atoms with Crippen molar-refractivity contribution in [1.29, 1.82) is 0 Å². The molecule has 0 spiro atoms. The fourth-order valence-corrected chi connectivity index (χ4v) is 8.17. The fraction of sp³-hybridized carbons (Fsp3) is 0.636. The summed E-state index contributed by atoms with van der Waals surface area (Å²) < 4.78 is 5.72. The van der Waals surface area contributed by atoms with Crippen LogP contribution in [-0.2, 0) is 33.5 Å². The second-order valence-electron chi connectivity index (χ2n) is 17.8. The number of nitrogens with one attached hydrogen (secondary N) is 4. The number of Topliss-reactive ketones (excluding diaryl/α,β-unsaturated/α-hetero) is 1. The third-order valence-corrected chi connectivity index (χ3v) is 11.9. The lowest BCUT2D eigenvalue weighted by atomic mass is 9.85. The van der Waals surface area contributed by atoms with Crippen LogP contribution in [0, 0.1) is 28.6 Å². The number of likely N-dealkylation sites (tertiary alicyclic amines) is 1. The van der Waals surface area contributed by atoms with Crippen LogP contribution < -0.4 is 21.3 Å². The number of hydrogen-bond acceptors (Lipinski definition) is 8. The molecule has 0 radical (unpaired) electrons. The van der Waals surface area contributed by atoms with Gasteiger partial charge in [0.1, 0.15) is 18.1 Å². The van der Waals surface area contributed by atoms with Crippen LogP contribution in [0.4, 0.5) is 4.79 Å². The number of carbonyl (C=O) groups is 7. The molecule has 0 bridgehead atoms. The molecule has 1 saturated carbocycles. The van der Waals surface area contributed by atoms with Crippen molar-refractivity contribution in [3.63, 3.8) is 0 Å². The quantitative estimate of drug-likeness (QED) is 0.139. The molecule has 2 unspecified atom stereocenters. The highest BCUT2D eigenvalue weighted by atomic mass is 16.6. The van der Waals surface area contributed by atoms with Crippen LogP contribution in [0.5, 0.6) is 0 Å². The third-order valence-electron chi connectivity index (χ3n) is 11.9. The molecule has 1 aromatic carbocycles. The molecular formula is C44H64N6O8. The van der Waals surface area contributed by atoms with E-state index >= 15 is 0 Å². The van der Waals surface area contributed by atoms with Crippen molar-refractivity contribution >= 4 is 41.4 Å². The smallest absolute Gasteiger partial charge is 0.406 e. The molecule has 7 atom stereocenters. The second-order valence-corrected chi connectivity index (χ2v) is 17.8. The lowest BCUT2D eigenvalue weighted by Gasteiger charge is -2.37. The van der Waals surface area contributed by atoms with Crippen LogP contribution >= 0.6 is 0 Å². The van der Waals surface area contributed by atoms with Crippen molar-refractivity contribution in [2.45, 2.75) is 124 Å². The van der Waals surface area contributed by atoms with Gasteiger partial charge in [-0.2, -0.15) is 0 Å². The maximum atomic E-state index is 14.5. The number of ketones is 1. The highest BCUT2D eigenvalue weighted by molar-refractivity contribution is 6.38. The maximum Gasteiger partial charge on any atom is 0.413 e. The van der Waals surface area contributed by atoms with E-state index in [0.717, 1.165) is 25.7 Å². The molecule has 6 amide bonds. The number of hydrogen-bond donors (Lipinski definition) is 4. The number of carbonyl (C=O) groups excluding carboxylic acids is 7. The summed E-state index contributed by atoms with van der Waals surface area (Å²) in [6, 6.07) is 4.44.